The number of likely N-dealkylation sites (N-methyl/N-ethyl adjacent to an activating group) is 2. The van der Waals surface area contributed by atoms with Gasteiger partial charge in [-0.3, -0.25) is 4.90 Å². The smallest absolute Gasteiger partial charge is 0.250 e. The molecule has 0 amide bonds. The van der Waals surface area contributed by atoms with Gasteiger partial charge in [0, 0.05) is 19.1 Å². The highest BCUT2D eigenvalue weighted by Crippen LogP contribution is 2.60. The van der Waals surface area contributed by atoms with E-state index in [0.717, 1.165) is 62.0 Å². The number of rotatable bonds is 14. The van der Waals surface area contributed by atoms with Gasteiger partial charge >= 0.3 is 0 Å². The third-order valence-electron chi connectivity index (χ3n) is 8.94. The maximum Gasteiger partial charge on any atom is 0.250 e. The first-order chi connectivity index (χ1) is 18.6. The highest BCUT2D eigenvalue weighted by molar-refractivity contribution is 6.99. The van der Waals surface area contributed by atoms with E-state index in [2.05, 4.69) is 54.3 Å². The summed E-state index contributed by atoms with van der Waals surface area (Å²) in [5, 5.41) is 0. The number of aromatic nitrogens is 4. The number of hydrogen-bond donors (Lipinski definition) is 0. The van der Waals surface area contributed by atoms with Gasteiger partial charge in [-0.25, -0.2) is 0 Å². The van der Waals surface area contributed by atoms with E-state index in [9.17, 15) is 0 Å². The summed E-state index contributed by atoms with van der Waals surface area (Å²) < 4.78 is 31.9. The molecule has 4 atom stereocenters. The first-order valence-electron chi connectivity index (χ1n) is 14.6. The first kappa shape index (κ1) is 27.9. The van der Waals surface area contributed by atoms with Crippen molar-refractivity contribution in [2.45, 2.75) is 88.5 Å². The minimum atomic E-state index is -0.279. The Balaban J connectivity index is 1.48. The van der Waals surface area contributed by atoms with Crippen LogP contribution in [-0.4, -0.2) is 80.3 Å². The molecular weight excluding hydrogens is 516 g/mol. The average molecular weight is 561 g/mol. The molecule has 0 N–H and O–H groups in total. The minimum absolute atomic E-state index is 0.230. The molecule has 4 unspecified atom stereocenters. The summed E-state index contributed by atoms with van der Waals surface area (Å²) in [4.78, 5) is 4.95. The van der Waals surface area contributed by atoms with Crippen molar-refractivity contribution in [2.75, 3.05) is 46.9 Å². The number of ether oxygens (including phenoxy) is 2. The Morgan fingerprint density at radius 1 is 0.842 bits per heavy atom. The van der Waals surface area contributed by atoms with Gasteiger partial charge in [-0.2, -0.15) is 8.75 Å². The molecule has 2 aromatic rings. The molecule has 1 aliphatic carbocycles. The van der Waals surface area contributed by atoms with Crippen molar-refractivity contribution in [3.63, 3.8) is 0 Å². The van der Waals surface area contributed by atoms with Gasteiger partial charge in [0.25, 0.3) is 0 Å². The van der Waals surface area contributed by atoms with E-state index in [0.29, 0.717) is 19.1 Å². The van der Waals surface area contributed by atoms with Crippen LogP contribution in [0.15, 0.2) is 12.2 Å². The van der Waals surface area contributed by atoms with Crippen molar-refractivity contribution in [2.24, 2.45) is 5.92 Å². The zero-order chi connectivity index (χ0) is 26.6. The number of piperidine rings is 2. The van der Waals surface area contributed by atoms with E-state index in [4.69, 9.17) is 22.6 Å². The Labute approximate surface area is 236 Å². The van der Waals surface area contributed by atoms with E-state index < -0.39 is 0 Å². The molecule has 2 saturated heterocycles. The van der Waals surface area contributed by atoms with E-state index in [1.54, 1.807) is 0 Å². The van der Waals surface area contributed by atoms with Gasteiger partial charge in [0.15, 0.2) is 0 Å². The molecule has 8 nitrogen and oxygen atoms in total. The van der Waals surface area contributed by atoms with E-state index >= 15 is 0 Å². The Hall–Kier alpha value is -1.62. The SMILES string of the molecule is CCCCCCOc1nsnc1C12C=CC(N(C)C1)C1(c3nsnc3OCCCCCC)CN(C)CCC21. The van der Waals surface area contributed by atoms with Crippen LogP contribution in [0.2, 0.25) is 0 Å². The number of likely N-dealkylation sites (tertiary alicyclic amines) is 1. The topological polar surface area (TPSA) is 76.5 Å². The highest BCUT2D eigenvalue weighted by Gasteiger charge is 2.66. The fourth-order valence-corrected chi connectivity index (χ4v) is 8.41. The molecule has 210 valence electrons. The molecule has 2 fully saturated rings. The standard InChI is InChI=1S/C28H44N6O2S2/c1-5-7-9-11-17-35-25-23(29-37-31-25)27-15-13-22(34(4)19-27)28(20-33(3)16-14-21(27)28)24-26(32-38-30-24)36-18-12-10-8-6-2/h13,15,21-22H,5-12,14,16-20H2,1-4H3. The molecule has 0 spiro atoms. The Bertz CT molecular complexity index is 1080. The van der Waals surface area contributed by atoms with Crippen molar-refractivity contribution in [3.8, 4) is 11.8 Å². The van der Waals surface area contributed by atoms with Crippen molar-refractivity contribution in [1.29, 1.82) is 0 Å². The second-order valence-corrected chi connectivity index (χ2v) is 12.6. The molecule has 3 aliphatic heterocycles. The Kier molecular flexibility index (Phi) is 9.02. The summed E-state index contributed by atoms with van der Waals surface area (Å²) in [6, 6.07) is 0.230. The van der Waals surface area contributed by atoms with Crippen LogP contribution in [-0.2, 0) is 10.8 Å². The van der Waals surface area contributed by atoms with Crippen molar-refractivity contribution < 1.29 is 9.47 Å². The van der Waals surface area contributed by atoms with Gasteiger partial charge in [0.1, 0.15) is 11.4 Å². The van der Waals surface area contributed by atoms with Crippen LogP contribution in [0, 0.1) is 5.92 Å². The summed E-state index contributed by atoms with van der Waals surface area (Å²) in [7, 11) is 4.47. The summed E-state index contributed by atoms with van der Waals surface area (Å²) in [5.41, 5.74) is 1.52. The monoisotopic (exact) mass is 560 g/mol. The van der Waals surface area contributed by atoms with Crippen molar-refractivity contribution in [1.82, 2.24) is 27.3 Å². The maximum absolute atomic E-state index is 6.36. The zero-order valence-corrected chi connectivity index (χ0v) is 25.2. The molecule has 4 aliphatic rings. The van der Waals surface area contributed by atoms with E-state index in [1.807, 2.05) is 0 Å². The van der Waals surface area contributed by atoms with Crippen LogP contribution in [0.5, 0.6) is 11.8 Å². The van der Waals surface area contributed by atoms with E-state index in [-0.39, 0.29) is 16.9 Å². The largest absolute Gasteiger partial charge is 0.476 e. The number of nitrogens with zero attached hydrogens (tertiary/aromatic N) is 6. The third-order valence-corrected chi connectivity index (χ3v) is 9.96. The number of hydrogen-bond acceptors (Lipinski definition) is 10. The summed E-state index contributed by atoms with van der Waals surface area (Å²) >= 11 is 2.57. The van der Waals surface area contributed by atoms with Gasteiger partial charge < -0.3 is 14.4 Å². The summed E-state index contributed by atoms with van der Waals surface area (Å²) in [5.74, 6) is 1.77. The van der Waals surface area contributed by atoms with Gasteiger partial charge in [0.2, 0.25) is 11.8 Å². The van der Waals surface area contributed by atoms with Crippen molar-refractivity contribution >= 4 is 23.5 Å². The Morgan fingerprint density at radius 2 is 1.47 bits per heavy atom. The van der Waals surface area contributed by atoms with Crippen LogP contribution in [0.25, 0.3) is 0 Å². The van der Waals surface area contributed by atoms with Crippen LogP contribution in [0.1, 0.15) is 83.0 Å². The lowest BCUT2D eigenvalue weighted by Gasteiger charge is -2.64. The second-order valence-electron chi connectivity index (χ2n) is 11.5. The van der Waals surface area contributed by atoms with Gasteiger partial charge in [-0.15, -0.1) is 8.75 Å². The molecule has 0 radical (unpaired) electrons. The maximum atomic E-state index is 6.36. The first-order valence-corrected chi connectivity index (χ1v) is 16.0. The van der Waals surface area contributed by atoms with Crippen molar-refractivity contribution in [3.05, 3.63) is 23.5 Å². The van der Waals surface area contributed by atoms with Gasteiger partial charge in [0.05, 0.1) is 47.5 Å². The lowest BCUT2D eigenvalue weighted by Crippen LogP contribution is -2.73. The molecule has 38 heavy (non-hydrogen) atoms. The highest BCUT2D eigenvalue weighted by atomic mass is 32.1. The Morgan fingerprint density at radius 3 is 2.11 bits per heavy atom. The molecule has 2 bridgehead atoms. The molecule has 6 rings (SSSR count). The summed E-state index contributed by atoms with van der Waals surface area (Å²) in [6.07, 6.45) is 15.3. The average Bonchev–Trinajstić information content (AvgIpc) is 3.59. The lowest BCUT2D eigenvalue weighted by molar-refractivity contribution is -0.0540. The predicted octanol–water partition coefficient (Wildman–Crippen LogP) is 5.32. The zero-order valence-electron chi connectivity index (χ0n) is 23.5. The quantitative estimate of drug-likeness (QED) is 0.227. The van der Waals surface area contributed by atoms with Crippen LogP contribution in [0.3, 0.4) is 0 Å². The molecule has 10 heteroatoms. The molecule has 0 aromatic carbocycles. The fraction of sp³-hybridized carbons (Fsp3) is 0.786. The third kappa shape index (κ3) is 5.02. The van der Waals surface area contributed by atoms with Gasteiger partial charge in [-0.05, 0) is 45.8 Å². The molecule has 0 saturated carbocycles. The second kappa shape index (κ2) is 12.3. The molecular formula is C28H44N6O2S2. The molecule has 5 heterocycles. The van der Waals surface area contributed by atoms with E-state index in [1.165, 1.54) is 62.0 Å². The van der Waals surface area contributed by atoms with Crippen LogP contribution >= 0.6 is 23.5 Å². The summed E-state index contributed by atoms with van der Waals surface area (Å²) in [6.45, 7) is 8.74. The number of fused-ring (bicyclic) bond motifs is 1. The van der Waals surface area contributed by atoms with Gasteiger partial charge in [-0.1, -0.05) is 64.5 Å². The predicted molar refractivity (Wildman–Crippen MR) is 154 cm³/mol. The van der Waals surface area contributed by atoms with Crippen LogP contribution in [0.4, 0.5) is 0 Å². The lowest BCUT2D eigenvalue weighted by atomic mass is 9.48. The minimum Gasteiger partial charge on any atom is -0.476 e. The fourth-order valence-electron chi connectivity index (χ4n) is 7.24. The normalized spacial score (nSPS) is 29.1. The number of unbranched alkanes of at least 4 members (excludes halogenated alkanes) is 6. The molecule has 2 aromatic heterocycles. The van der Waals surface area contributed by atoms with Crippen LogP contribution < -0.4 is 9.47 Å².